The van der Waals surface area contributed by atoms with Gasteiger partial charge in [-0.1, -0.05) is 0 Å². The molecule has 2 aliphatic rings. The molecule has 1 amide bonds. The molecule has 1 aromatic rings. The summed E-state index contributed by atoms with van der Waals surface area (Å²) in [4.78, 5) is 15.4. The summed E-state index contributed by atoms with van der Waals surface area (Å²) in [7, 11) is 0. The van der Waals surface area contributed by atoms with E-state index < -0.39 is 11.9 Å². The van der Waals surface area contributed by atoms with E-state index in [9.17, 15) is 14.3 Å². The van der Waals surface area contributed by atoms with Gasteiger partial charge in [-0.05, 0) is 49.0 Å². The summed E-state index contributed by atoms with van der Waals surface area (Å²) in [6, 6.07) is 6.89. The molecule has 2 unspecified atom stereocenters. The molecule has 1 aromatic carbocycles. The summed E-state index contributed by atoms with van der Waals surface area (Å²) in [5.74, 6) is -0.626. The van der Waals surface area contributed by atoms with Gasteiger partial charge in [0.05, 0.1) is 36.5 Å². The van der Waals surface area contributed by atoms with Crippen LogP contribution in [0.15, 0.2) is 18.2 Å². The molecule has 0 aromatic heterocycles. The standard InChI is InChI=1S/C19H24FN3O4S/c1-28-26-12-16-10-23(19(25)27-16)15-2-3-18(17(20)8-15)22-6-4-13(5-7-22)14(9-21)11-24/h2-3,8,13-14,16,24H,4-7,10-12H2,1H3. The van der Waals surface area contributed by atoms with Gasteiger partial charge in [-0.15, -0.1) is 0 Å². The summed E-state index contributed by atoms with van der Waals surface area (Å²) < 4.78 is 25.2. The zero-order valence-corrected chi connectivity index (χ0v) is 16.5. The van der Waals surface area contributed by atoms with Crippen LogP contribution in [0.1, 0.15) is 12.8 Å². The molecule has 0 radical (unpaired) electrons. The molecule has 9 heteroatoms. The minimum atomic E-state index is -0.505. The number of piperidine rings is 1. The first-order valence-corrected chi connectivity index (χ1v) is 10.4. The number of benzene rings is 1. The van der Waals surface area contributed by atoms with Gasteiger partial charge in [-0.2, -0.15) is 5.26 Å². The number of cyclic esters (lactones) is 1. The molecule has 28 heavy (non-hydrogen) atoms. The van der Waals surface area contributed by atoms with Crippen LogP contribution < -0.4 is 9.80 Å². The van der Waals surface area contributed by atoms with Crippen LogP contribution >= 0.6 is 12.0 Å². The number of anilines is 2. The number of rotatable bonds is 7. The van der Waals surface area contributed by atoms with Gasteiger partial charge in [0.25, 0.3) is 0 Å². The third-order valence-corrected chi connectivity index (χ3v) is 5.67. The minimum Gasteiger partial charge on any atom is -0.441 e. The van der Waals surface area contributed by atoms with Gasteiger partial charge in [-0.25, -0.2) is 9.18 Å². The summed E-state index contributed by atoms with van der Waals surface area (Å²) >= 11 is 1.20. The molecular formula is C19H24FN3O4S. The molecule has 2 heterocycles. The van der Waals surface area contributed by atoms with Crippen molar-refractivity contribution in [3.63, 3.8) is 0 Å². The Bertz CT molecular complexity index is 736. The molecule has 152 valence electrons. The smallest absolute Gasteiger partial charge is 0.414 e. The van der Waals surface area contributed by atoms with Gasteiger partial charge in [0.1, 0.15) is 18.5 Å². The highest BCUT2D eigenvalue weighted by Crippen LogP contribution is 2.32. The fraction of sp³-hybridized carbons (Fsp3) is 0.579. The maximum Gasteiger partial charge on any atom is 0.414 e. The first-order valence-electron chi connectivity index (χ1n) is 9.26. The highest BCUT2D eigenvalue weighted by molar-refractivity contribution is 7.93. The summed E-state index contributed by atoms with van der Waals surface area (Å²) in [6.07, 6.45) is 2.37. The number of ether oxygens (including phenoxy) is 1. The van der Waals surface area contributed by atoms with Gasteiger partial charge >= 0.3 is 6.09 Å². The summed E-state index contributed by atoms with van der Waals surface area (Å²) in [5, 5.41) is 18.4. The van der Waals surface area contributed by atoms with Gasteiger partial charge in [0, 0.05) is 19.3 Å². The summed E-state index contributed by atoms with van der Waals surface area (Å²) in [5.41, 5.74) is 0.937. The second-order valence-corrected chi connectivity index (χ2v) is 7.51. The lowest BCUT2D eigenvalue weighted by molar-refractivity contribution is 0.112. The molecule has 0 saturated carbocycles. The predicted octanol–water partition coefficient (Wildman–Crippen LogP) is 2.79. The third kappa shape index (κ3) is 4.51. The normalized spacial score (nSPS) is 21.5. The largest absolute Gasteiger partial charge is 0.441 e. The Kier molecular flexibility index (Phi) is 6.99. The number of carbonyl (C=O) groups is 1. The topological polar surface area (TPSA) is 86.0 Å². The Morgan fingerprint density at radius 1 is 1.46 bits per heavy atom. The van der Waals surface area contributed by atoms with Crippen LogP contribution in [-0.4, -0.2) is 56.4 Å². The number of nitriles is 1. The number of amides is 1. The van der Waals surface area contributed by atoms with E-state index in [0.717, 1.165) is 12.8 Å². The minimum absolute atomic E-state index is 0.133. The lowest BCUT2D eigenvalue weighted by Crippen LogP contribution is -2.37. The van der Waals surface area contributed by atoms with Gasteiger partial charge in [0.15, 0.2) is 0 Å². The maximum absolute atomic E-state index is 14.8. The highest BCUT2D eigenvalue weighted by Gasteiger charge is 2.33. The Morgan fingerprint density at radius 2 is 2.21 bits per heavy atom. The van der Waals surface area contributed by atoms with Crippen LogP contribution in [0.3, 0.4) is 0 Å². The van der Waals surface area contributed by atoms with Crippen molar-refractivity contribution in [2.75, 3.05) is 48.9 Å². The second kappa shape index (κ2) is 9.45. The molecule has 0 bridgehead atoms. The lowest BCUT2D eigenvalue weighted by atomic mass is 9.85. The van der Waals surface area contributed by atoms with Crippen molar-refractivity contribution in [2.24, 2.45) is 11.8 Å². The van der Waals surface area contributed by atoms with Crippen LogP contribution in [-0.2, 0) is 8.92 Å². The second-order valence-electron chi connectivity index (χ2n) is 6.95. The van der Waals surface area contributed by atoms with E-state index in [4.69, 9.17) is 14.2 Å². The van der Waals surface area contributed by atoms with Crippen molar-refractivity contribution < 1.29 is 23.2 Å². The van der Waals surface area contributed by atoms with Crippen molar-refractivity contribution >= 4 is 29.5 Å². The first-order chi connectivity index (χ1) is 13.6. The number of hydrogen-bond acceptors (Lipinski definition) is 7. The fourth-order valence-electron chi connectivity index (χ4n) is 3.72. The van der Waals surface area contributed by atoms with E-state index in [1.54, 1.807) is 18.4 Å². The number of nitrogens with zero attached hydrogens (tertiary/aromatic N) is 3. The third-order valence-electron chi connectivity index (χ3n) is 5.30. The zero-order chi connectivity index (χ0) is 20.1. The Labute approximate surface area is 168 Å². The molecule has 3 rings (SSSR count). The first kappa shape index (κ1) is 20.7. The van der Waals surface area contributed by atoms with Crippen molar-refractivity contribution in [3.05, 3.63) is 24.0 Å². The molecule has 0 spiro atoms. The molecule has 2 aliphatic heterocycles. The Balaban J connectivity index is 1.64. The number of aliphatic hydroxyl groups is 1. The average molecular weight is 409 g/mol. The Morgan fingerprint density at radius 3 is 2.82 bits per heavy atom. The number of aliphatic hydroxyl groups excluding tert-OH is 1. The van der Waals surface area contributed by atoms with Crippen molar-refractivity contribution in [1.29, 1.82) is 5.26 Å². The van der Waals surface area contributed by atoms with Gasteiger partial charge < -0.3 is 18.9 Å². The molecule has 7 nitrogen and oxygen atoms in total. The van der Waals surface area contributed by atoms with E-state index in [0.29, 0.717) is 31.0 Å². The van der Waals surface area contributed by atoms with E-state index in [1.165, 1.54) is 23.0 Å². The molecule has 0 aliphatic carbocycles. The molecule has 2 atom stereocenters. The quantitative estimate of drug-likeness (QED) is 0.693. The summed E-state index contributed by atoms with van der Waals surface area (Å²) in [6.45, 7) is 1.72. The lowest BCUT2D eigenvalue weighted by Gasteiger charge is -2.35. The highest BCUT2D eigenvalue weighted by atomic mass is 32.2. The number of halogens is 1. The monoisotopic (exact) mass is 409 g/mol. The van der Waals surface area contributed by atoms with E-state index in [2.05, 4.69) is 6.07 Å². The van der Waals surface area contributed by atoms with Crippen LogP contribution in [0.2, 0.25) is 0 Å². The van der Waals surface area contributed by atoms with Crippen LogP contribution in [0.4, 0.5) is 20.6 Å². The number of carbonyl (C=O) groups excluding carboxylic acids is 1. The van der Waals surface area contributed by atoms with Gasteiger partial charge in [0.2, 0.25) is 0 Å². The van der Waals surface area contributed by atoms with Crippen molar-refractivity contribution in [3.8, 4) is 6.07 Å². The SMILES string of the molecule is CSOCC1CN(c2ccc(N3CCC(C(C#N)CO)CC3)c(F)c2)C(=O)O1. The predicted molar refractivity (Wildman–Crippen MR) is 105 cm³/mol. The van der Waals surface area contributed by atoms with Crippen molar-refractivity contribution in [1.82, 2.24) is 0 Å². The molecule has 2 fully saturated rings. The average Bonchev–Trinajstić information content (AvgIpc) is 3.08. The Hall–Kier alpha value is -2.02. The van der Waals surface area contributed by atoms with Gasteiger partial charge in [-0.3, -0.25) is 4.90 Å². The number of hydrogen-bond donors (Lipinski definition) is 1. The van der Waals surface area contributed by atoms with Crippen LogP contribution in [0, 0.1) is 29.0 Å². The van der Waals surface area contributed by atoms with Crippen LogP contribution in [0.25, 0.3) is 0 Å². The van der Waals surface area contributed by atoms with Crippen LogP contribution in [0.5, 0.6) is 0 Å². The van der Waals surface area contributed by atoms with E-state index in [1.807, 2.05) is 4.90 Å². The molecular weight excluding hydrogens is 385 g/mol. The fourth-order valence-corrected chi connectivity index (χ4v) is 4.01. The molecule has 2 saturated heterocycles. The van der Waals surface area contributed by atoms with E-state index in [-0.39, 0.29) is 31.2 Å². The zero-order valence-electron chi connectivity index (χ0n) is 15.7. The molecule has 1 N–H and O–H groups in total. The van der Waals surface area contributed by atoms with Crippen molar-refractivity contribution in [2.45, 2.75) is 18.9 Å². The maximum atomic E-state index is 14.8. The van der Waals surface area contributed by atoms with E-state index >= 15 is 0 Å².